The number of aromatic hydroxyl groups is 1. The molecule has 1 saturated heterocycles. The molecule has 0 unspecified atom stereocenters. The third kappa shape index (κ3) is 6.31. The first-order chi connectivity index (χ1) is 16.9. The van der Waals surface area contributed by atoms with Crippen LogP contribution >= 0.6 is 0 Å². The van der Waals surface area contributed by atoms with Crippen molar-refractivity contribution in [2.75, 3.05) is 18.4 Å². The lowest BCUT2D eigenvalue weighted by molar-refractivity contribution is -0.127. The summed E-state index contributed by atoms with van der Waals surface area (Å²) in [4.78, 5) is 42.1. The third-order valence-electron chi connectivity index (χ3n) is 5.87. The number of fused-ring (bicyclic) bond motifs is 1. The highest BCUT2D eigenvalue weighted by Gasteiger charge is 2.32. The van der Waals surface area contributed by atoms with E-state index >= 15 is 0 Å². The average Bonchev–Trinajstić information content (AvgIpc) is 3.33. The minimum Gasteiger partial charge on any atom is -0.508 e. The quantitative estimate of drug-likeness (QED) is 0.275. The minimum atomic E-state index is -0.877. The van der Waals surface area contributed by atoms with Crippen LogP contribution in [-0.4, -0.2) is 59.0 Å². The smallest absolute Gasteiger partial charge is 0.247 e. The molecule has 3 amide bonds. The second-order valence-electron chi connectivity index (χ2n) is 8.50. The van der Waals surface area contributed by atoms with Crippen LogP contribution in [0.2, 0.25) is 0 Å². The topological polar surface area (TPSA) is 158 Å². The lowest BCUT2D eigenvalue weighted by Gasteiger charge is -2.21. The van der Waals surface area contributed by atoms with Crippen molar-refractivity contribution < 1.29 is 19.5 Å². The van der Waals surface area contributed by atoms with Crippen LogP contribution in [0, 0.1) is 0 Å². The van der Waals surface area contributed by atoms with Gasteiger partial charge >= 0.3 is 0 Å². The number of aromatic nitrogens is 1. The SMILES string of the molecule is NCC(=O)N[C@H]1CN[C@H](C(=O)N[C@H](Cc2ccc(O)cc2)C(=O)Nc2cnc3ccccc3c2)C1. The van der Waals surface area contributed by atoms with Gasteiger partial charge in [-0.3, -0.25) is 19.4 Å². The lowest BCUT2D eigenvalue weighted by Crippen LogP contribution is -2.50. The van der Waals surface area contributed by atoms with Crippen molar-refractivity contribution >= 4 is 34.3 Å². The van der Waals surface area contributed by atoms with Gasteiger partial charge in [0.05, 0.1) is 30.0 Å². The normalized spacial score (nSPS) is 18.1. The van der Waals surface area contributed by atoms with Crippen molar-refractivity contribution in [1.82, 2.24) is 20.9 Å². The van der Waals surface area contributed by atoms with Gasteiger partial charge in [-0.2, -0.15) is 0 Å². The highest BCUT2D eigenvalue weighted by molar-refractivity contribution is 5.99. The van der Waals surface area contributed by atoms with Crippen molar-refractivity contribution in [2.24, 2.45) is 5.73 Å². The predicted octanol–water partition coefficient (Wildman–Crippen LogP) is 0.412. The van der Waals surface area contributed by atoms with Gasteiger partial charge in [0.2, 0.25) is 17.7 Å². The molecule has 0 spiro atoms. The summed E-state index contributed by atoms with van der Waals surface area (Å²) in [5.41, 5.74) is 7.44. The Morgan fingerprint density at radius 1 is 1.14 bits per heavy atom. The Labute approximate surface area is 202 Å². The maximum atomic E-state index is 13.2. The van der Waals surface area contributed by atoms with Gasteiger partial charge in [0.15, 0.2) is 0 Å². The first-order valence-electron chi connectivity index (χ1n) is 11.4. The molecule has 2 heterocycles. The van der Waals surface area contributed by atoms with Gasteiger partial charge in [-0.05, 0) is 36.2 Å². The molecule has 1 fully saturated rings. The number of nitrogens with two attached hydrogens (primary N) is 1. The molecular formula is C25H28N6O4. The number of nitrogens with zero attached hydrogens (tertiary/aromatic N) is 1. The van der Waals surface area contributed by atoms with Crippen LogP contribution in [0.15, 0.2) is 60.8 Å². The number of amides is 3. The molecular weight excluding hydrogens is 448 g/mol. The summed E-state index contributed by atoms with van der Waals surface area (Å²) in [6, 6.07) is 14.2. The Morgan fingerprint density at radius 2 is 1.91 bits per heavy atom. The molecule has 10 nitrogen and oxygen atoms in total. The standard InChI is InChI=1S/C25H28N6O4/c26-12-23(33)29-18-11-21(28-14-18)24(34)31-22(9-15-5-7-19(32)8-6-15)25(35)30-17-10-16-3-1-2-4-20(16)27-13-17/h1-8,10,13,18,21-22,28,32H,9,11-12,14,26H2,(H,29,33)(H,30,35)(H,31,34)/t18-,21+,22-/m1/s1. The van der Waals surface area contributed by atoms with Crippen molar-refractivity contribution in [3.05, 3.63) is 66.4 Å². The maximum absolute atomic E-state index is 13.2. The van der Waals surface area contributed by atoms with E-state index in [0.29, 0.717) is 18.7 Å². The second-order valence-corrected chi connectivity index (χ2v) is 8.50. The van der Waals surface area contributed by atoms with E-state index in [0.717, 1.165) is 16.5 Å². The van der Waals surface area contributed by atoms with Gasteiger partial charge in [-0.15, -0.1) is 0 Å². The zero-order valence-electron chi connectivity index (χ0n) is 19.0. The fraction of sp³-hybridized carbons (Fsp3) is 0.280. The van der Waals surface area contributed by atoms with E-state index in [1.165, 1.54) is 12.1 Å². The van der Waals surface area contributed by atoms with E-state index < -0.39 is 18.0 Å². The van der Waals surface area contributed by atoms with E-state index in [4.69, 9.17) is 5.73 Å². The molecule has 0 aliphatic carbocycles. The molecule has 182 valence electrons. The summed E-state index contributed by atoms with van der Waals surface area (Å²) < 4.78 is 0. The molecule has 1 aliphatic heterocycles. The zero-order valence-corrected chi connectivity index (χ0v) is 19.0. The molecule has 0 radical (unpaired) electrons. The van der Waals surface area contributed by atoms with Crippen LogP contribution in [0.4, 0.5) is 5.69 Å². The van der Waals surface area contributed by atoms with E-state index in [2.05, 4.69) is 26.3 Å². The Bertz CT molecular complexity index is 1220. The number of hydrogen-bond donors (Lipinski definition) is 6. The Morgan fingerprint density at radius 3 is 2.69 bits per heavy atom. The van der Waals surface area contributed by atoms with Crippen molar-refractivity contribution in [1.29, 1.82) is 0 Å². The molecule has 1 aliphatic rings. The van der Waals surface area contributed by atoms with Crippen LogP contribution in [0.25, 0.3) is 10.9 Å². The summed E-state index contributed by atoms with van der Waals surface area (Å²) in [5.74, 6) is -0.910. The Balaban J connectivity index is 1.47. The highest BCUT2D eigenvalue weighted by Crippen LogP contribution is 2.17. The molecule has 3 aromatic rings. The van der Waals surface area contributed by atoms with E-state index in [-0.39, 0.29) is 36.6 Å². The van der Waals surface area contributed by atoms with Crippen molar-refractivity contribution in [3.8, 4) is 5.75 Å². The monoisotopic (exact) mass is 476 g/mol. The van der Waals surface area contributed by atoms with Crippen LogP contribution in [0.3, 0.4) is 0 Å². The van der Waals surface area contributed by atoms with Crippen LogP contribution in [-0.2, 0) is 20.8 Å². The van der Waals surface area contributed by atoms with Gasteiger partial charge < -0.3 is 32.1 Å². The molecule has 35 heavy (non-hydrogen) atoms. The third-order valence-corrected chi connectivity index (χ3v) is 5.87. The fourth-order valence-corrected chi connectivity index (χ4v) is 4.05. The number of pyridine rings is 1. The van der Waals surface area contributed by atoms with E-state index in [1.54, 1.807) is 18.3 Å². The molecule has 0 saturated carbocycles. The van der Waals surface area contributed by atoms with Crippen molar-refractivity contribution in [3.63, 3.8) is 0 Å². The minimum absolute atomic E-state index is 0.113. The average molecular weight is 477 g/mol. The van der Waals surface area contributed by atoms with E-state index in [9.17, 15) is 19.5 Å². The molecule has 0 bridgehead atoms. The van der Waals surface area contributed by atoms with Crippen LogP contribution in [0.5, 0.6) is 5.75 Å². The van der Waals surface area contributed by atoms with Crippen LogP contribution in [0.1, 0.15) is 12.0 Å². The second kappa shape index (κ2) is 10.9. The summed E-state index contributed by atoms with van der Waals surface area (Å²) in [6.07, 6.45) is 2.18. The number of benzene rings is 2. The number of anilines is 1. The van der Waals surface area contributed by atoms with Gasteiger partial charge in [0.1, 0.15) is 11.8 Å². The number of carbonyl (C=O) groups excluding carboxylic acids is 3. The van der Waals surface area contributed by atoms with Gasteiger partial charge in [-0.1, -0.05) is 30.3 Å². The molecule has 2 aromatic carbocycles. The number of phenols is 1. The summed E-state index contributed by atoms with van der Waals surface area (Å²) >= 11 is 0. The van der Waals surface area contributed by atoms with Gasteiger partial charge in [-0.25, -0.2) is 0 Å². The molecule has 3 atom stereocenters. The van der Waals surface area contributed by atoms with Gasteiger partial charge in [0, 0.05) is 24.4 Å². The number of rotatable bonds is 8. The Hall–Kier alpha value is -4.02. The molecule has 7 N–H and O–H groups in total. The number of nitrogens with one attached hydrogen (secondary N) is 4. The highest BCUT2D eigenvalue weighted by atomic mass is 16.3. The number of carbonyl (C=O) groups is 3. The summed E-state index contributed by atoms with van der Waals surface area (Å²) in [7, 11) is 0. The number of phenolic OH excluding ortho intramolecular Hbond substituents is 1. The number of hydrogen-bond acceptors (Lipinski definition) is 7. The number of para-hydroxylation sites is 1. The first-order valence-corrected chi connectivity index (χ1v) is 11.4. The maximum Gasteiger partial charge on any atom is 0.247 e. The zero-order chi connectivity index (χ0) is 24.8. The fourth-order valence-electron chi connectivity index (χ4n) is 4.05. The largest absolute Gasteiger partial charge is 0.508 e. The summed E-state index contributed by atoms with van der Waals surface area (Å²) in [6.45, 7) is 0.313. The molecule has 10 heteroatoms. The van der Waals surface area contributed by atoms with Crippen LogP contribution < -0.4 is 27.0 Å². The first kappa shape index (κ1) is 24.1. The molecule has 1 aromatic heterocycles. The predicted molar refractivity (Wildman–Crippen MR) is 132 cm³/mol. The van der Waals surface area contributed by atoms with E-state index in [1.807, 2.05) is 30.3 Å². The van der Waals surface area contributed by atoms with Gasteiger partial charge in [0.25, 0.3) is 0 Å². The lowest BCUT2D eigenvalue weighted by atomic mass is 10.0. The Kier molecular flexibility index (Phi) is 7.54. The summed E-state index contributed by atoms with van der Waals surface area (Å²) in [5, 5.41) is 22.0. The molecule has 4 rings (SSSR count). The van der Waals surface area contributed by atoms with Crippen molar-refractivity contribution in [2.45, 2.75) is 31.0 Å².